The molecule has 0 aliphatic heterocycles. The first kappa shape index (κ1) is 16.0. The summed E-state index contributed by atoms with van der Waals surface area (Å²) in [5.41, 5.74) is -4.88. The zero-order valence-electron chi connectivity index (χ0n) is 10.3. The Morgan fingerprint density at radius 1 is 1.19 bits per heavy atom. The Labute approximate surface area is 125 Å². The quantitative estimate of drug-likeness (QED) is 0.439. The van der Waals surface area contributed by atoms with Gasteiger partial charge < -0.3 is 4.18 Å². The fourth-order valence-electron chi connectivity index (χ4n) is 1.74. The van der Waals surface area contributed by atoms with E-state index in [2.05, 4.69) is 20.1 Å². The number of alkyl halides is 3. The maximum Gasteiger partial charge on any atom is 0.534 e. The molecule has 0 unspecified atom stereocenters. The molecule has 0 N–H and O–H groups in total. The summed E-state index contributed by atoms with van der Waals surface area (Å²) in [6, 6.07) is 5.23. The molecule has 0 radical (unpaired) electrons. The van der Waals surface area contributed by atoms with Crippen LogP contribution in [-0.2, 0) is 10.1 Å². The Morgan fingerprint density at radius 3 is 2.38 bits per heavy atom. The Hall–Kier alpha value is -1.35. The van der Waals surface area contributed by atoms with E-state index >= 15 is 0 Å². The second-order valence-electron chi connectivity index (χ2n) is 4.20. The average molecular weight is 387 g/mol. The molecule has 21 heavy (non-hydrogen) atoms. The van der Waals surface area contributed by atoms with Crippen molar-refractivity contribution in [2.24, 2.45) is 0 Å². The van der Waals surface area contributed by atoms with Gasteiger partial charge in [0.05, 0.1) is 0 Å². The van der Waals surface area contributed by atoms with E-state index in [1.54, 1.807) is 13.0 Å². The summed E-state index contributed by atoms with van der Waals surface area (Å²) >= 11 is 3.07. The summed E-state index contributed by atoms with van der Waals surface area (Å²) in [5.74, 6) is -2.20. The molecule has 0 bridgehead atoms. The molecule has 0 aliphatic rings. The number of hydrogen-bond acceptors (Lipinski definition) is 3. The highest BCUT2D eigenvalue weighted by molar-refractivity contribution is 9.10. The number of hydrogen-bond donors (Lipinski definition) is 0. The highest BCUT2D eigenvalue weighted by Crippen LogP contribution is 2.38. The monoisotopic (exact) mass is 386 g/mol. The Kier molecular flexibility index (Phi) is 3.92. The maximum atomic E-state index is 13.7. The molecule has 2 rings (SSSR count). The molecule has 0 amide bonds. The third-order valence-electron chi connectivity index (χ3n) is 2.59. The van der Waals surface area contributed by atoms with E-state index in [-0.39, 0.29) is 9.86 Å². The van der Waals surface area contributed by atoms with E-state index in [9.17, 15) is 26.0 Å². The van der Waals surface area contributed by atoms with E-state index in [1.165, 1.54) is 12.1 Å². The molecule has 0 aromatic heterocycles. The van der Waals surface area contributed by atoms with E-state index < -0.39 is 27.2 Å². The fourth-order valence-corrected chi connectivity index (χ4v) is 2.98. The van der Waals surface area contributed by atoms with Gasteiger partial charge in [0.2, 0.25) is 0 Å². The average Bonchev–Trinajstić information content (AvgIpc) is 2.30. The predicted molar refractivity (Wildman–Crippen MR) is 71.9 cm³/mol. The van der Waals surface area contributed by atoms with Crippen LogP contribution in [0.5, 0.6) is 5.75 Å². The van der Waals surface area contributed by atoms with Gasteiger partial charge in [0, 0.05) is 9.86 Å². The number of aryl methyl sites for hydroxylation is 1. The molecule has 0 spiro atoms. The Bertz CT molecular complexity index is 815. The van der Waals surface area contributed by atoms with Crippen LogP contribution in [0.4, 0.5) is 17.6 Å². The molecular weight excluding hydrogens is 380 g/mol. The number of rotatable bonds is 2. The summed E-state index contributed by atoms with van der Waals surface area (Å²) in [6.45, 7) is 1.72. The van der Waals surface area contributed by atoms with Gasteiger partial charge in [-0.3, -0.25) is 0 Å². The zero-order chi connectivity index (χ0) is 16.0. The summed E-state index contributed by atoms with van der Waals surface area (Å²) in [5, 5.41) is 0.254. The first-order valence-electron chi connectivity index (χ1n) is 5.42. The number of benzene rings is 2. The van der Waals surface area contributed by atoms with Crippen LogP contribution in [0.2, 0.25) is 0 Å². The molecule has 3 nitrogen and oxygen atoms in total. The van der Waals surface area contributed by atoms with Crippen LogP contribution in [0.1, 0.15) is 5.56 Å². The molecule has 0 saturated carbocycles. The van der Waals surface area contributed by atoms with Crippen LogP contribution >= 0.6 is 15.9 Å². The summed E-state index contributed by atoms with van der Waals surface area (Å²) in [4.78, 5) is 0. The Balaban J connectivity index is 2.73. The predicted octanol–water partition coefficient (Wildman–Crippen LogP) is 4.28. The second kappa shape index (κ2) is 5.13. The van der Waals surface area contributed by atoms with Gasteiger partial charge in [0.25, 0.3) is 0 Å². The molecule has 0 atom stereocenters. The van der Waals surface area contributed by atoms with Gasteiger partial charge in [-0.2, -0.15) is 21.6 Å². The van der Waals surface area contributed by atoms with Gasteiger partial charge in [0.15, 0.2) is 11.6 Å². The van der Waals surface area contributed by atoms with Crippen molar-refractivity contribution >= 4 is 36.8 Å². The zero-order valence-corrected chi connectivity index (χ0v) is 12.7. The van der Waals surface area contributed by atoms with Gasteiger partial charge >= 0.3 is 15.6 Å². The molecule has 9 heteroatoms. The normalized spacial score (nSPS) is 12.7. The summed E-state index contributed by atoms with van der Waals surface area (Å²) in [6.07, 6.45) is 0. The van der Waals surface area contributed by atoms with Crippen molar-refractivity contribution in [3.8, 4) is 5.75 Å². The topological polar surface area (TPSA) is 43.4 Å². The lowest BCUT2D eigenvalue weighted by Gasteiger charge is -2.13. The van der Waals surface area contributed by atoms with Crippen molar-refractivity contribution in [3.05, 3.63) is 40.1 Å². The number of halogens is 5. The molecule has 2 aromatic rings. The van der Waals surface area contributed by atoms with Crippen LogP contribution in [0.25, 0.3) is 10.8 Å². The lowest BCUT2D eigenvalue weighted by molar-refractivity contribution is -0.0500. The highest BCUT2D eigenvalue weighted by Gasteiger charge is 2.49. The SMILES string of the molecule is Cc1cc(Br)c2c(OS(=O)(=O)C(F)(F)F)c(F)ccc2c1. The highest BCUT2D eigenvalue weighted by atomic mass is 79.9. The van der Waals surface area contributed by atoms with Crippen LogP contribution < -0.4 is 4.18 Å². The van der Waals surface area contributed by atoms with Gasteiger partial charge in [-0.05, 0) is 30.0 Å². The first-order chi connectivity index (χ1) is 9.53. The molecule has 0 fully saturated rings. The minimum atomic E-state index is -5.95. The smallest absolute Gasteiger partial charge is 0.372 e. The summed E-state index contributed by atoms with van der Waals surface area (Å²) in [7, 11) is -5.95. The molecule has 0 heterocycles. The molecule has 114 valence electrons. The van der Waals surface area contributed by atoms with Gasteiger partial charge in [-0.25, -0.2) is 4.39 Å². The van der Waals surface area contributed by atoms with E-state index in [4.69, 9.17) is 0 Å². The standard InChI is InChI=1S/C12H7BrF4O3S/c1-6-4-7-2-3-9(14)11(10(7)8(13)5-6)20-21(18,19)12(15,16)17/h2-5H,1H3. The first-order valence-corrected chi connectivity index (χ1v) is 7.62. The minimum Gasteiger partial charge on any atom is -0.372 e. The van der Waals surface area contributed by atoms with Gasteiger partial charge in [-0.1, -0.05) is 28.1 Å². The van der Waals surface area contributed by atoms with Crippen LogP contribution in [-0.4, -0.2) is 13.9 Å². The van der Waals surface area contributed by atoms with E-state index in [0.717, 1.165) is 11.6 Å². The van der Waals surface area contributed by atoms with Crippen molar-refractivity contribution < 1.29 is 30.2 Å². The van der Waals surface area contributed by atoms with Gasteiger partial charge in [0.1, 0.15) is 0 Å². The van der Waals surface area contributed by atoms with Crippen molar-refractivity contribution in [1.82, 2.24) is 0 Å². The van der Waals surface area contributed by atoms with Gasteiger partial charge in [-0.15, -0.1) is 0 Å². The van der Waals surface area contributed by atoms with E-state index in [1.807, 2.05) is 0 Å². The summed E-state index contributed by atoms with van der Waals surface area (Å²) < 4.78 is 77.2. The third-order valence-corrected chi connectivity index (χ3v) is 4.17. The minimum absolute atomic E-state index is 0.0894. The van der Waals surface area contributed by atoms with Crippen molar-refractivity contribution in [2.45, 2.75) is 12.4 Å². The molecule has 2 aromatic carbocycles. The maximum absolute atomic E-state index is 13.7. The lowest BCUT2D eigenvalue weighted by atomic mass is 10.1. The second-order valence-corrected chi connectivity index (χ2v) is 6.60. The third kappa shape index (κ3) is 2.98. The Morgan fingerprint density at radius 2 is 1.81 bits per heavy atom. The number of fused-ring (bicyclic) bond motifs is 1. The largest absolute Gasteiger partial charge is 0.534 e. The van der Waals surface area contributed by atoms with Crippen molar-refractivity contribution in [1.29, 1.82) is 0 Å². The van der Waals surface area contributed by atoms with Crippen molar-refractivity contribution in [2.75, 3.05) is 0 Å². The molecule has 0 saturated heterocycles. The lowest BCUT2D eigenvalue weighted by Crippen LogP contribution is -2.28. The molecular formula is C12H7BrF4O3S. The van der Waals surface area contributed by atoms with Crippen LogP contribution in [0, 0.1) is 12.7 Å². The van der Waals surface area contributed by atoms with Crippen LogP contribution in [0.15, 0.2) is 28.7 Å². The fraction of sp³-hybridized carbons (Fsp3) is 0.167. The van der Waals surface area contributed by atoms with Crippen LogP contribution in [0.3, 0.4) is 0 Å². The van der Waals surface area contributed by atoms with Crippen molar-refractivity contribution in [3.63, 3.8) is 0 Å². The molecule has 0 aliphatic carbocycles. The van der Waals surface area contributed by atoms with E-state index in [0.29, 0.717) is 5.39 Å².